The zero-order valence-electron chi connectivity index (χ0n) is 8.77. The third kappa shape index (κ3) is 2.30. The van der Waals surface area contributed by atoms with Crippen LogP contribution in [0.2, 0.25) is 0 Å². The normalized spacial score (nSPS) is 28.4. The molecule has 10 heteroatoms. The van der Waals surface area contributed by atoms with Gasteiger partial charge in [-0.2, -0.15) is 13.2 Å². The first-order valence-electron chi connectivity index (χ1n) is 4.46. The summed E-state index contributed by atoms with van der Waals surface area (Å²) in [5.41, 5.74) is -1.76. The number of halogens is 4. The molecule has 0 heterocycles. The second-order valence-corrected chi connectivity index (χ2v) is 4.22. The maximum absolute atomic E-state index is 12.6. The van der Waals surface area contributed by atoms with Crippen molar-refractivity contribution in [1.82, 2.24) is 0 Å². The molecule has 2 atom stereocenters. The van der Waals surface area contributed by atoms with Crippen LogP contribution in [0, 0.1) is 26.1 Å². The first kappa shape index (κ1) is 14.4. The highest BCUT2D eigenvalue weighted by Gasteiger charge is 2.57. The maximum atomic E-state index is 12.6. The lowest BCUT2D eigenvalue weighted by Crippen LogP contribution is -2.40. The molecule has 18 heavy (non-hydrogen) atoms. The summed E-state index contributed by atoms with van der Waals surface area (Å²) in [6.45, 7) is 0.978. The van der Waals surface area contributed by atoms with Crippen molar-refractivity contribution in [2.75, 3.05) is 0 Å². The number of rotatable bonds is 2. The standard InChI is InChI=1S/C8H6ClF3N2O4/c1-4-3-7(9,14(17)18)6(13(15)16)2-5(4)8(10,11)12/h2-3,5H,1H3. The number of nitro groups is 2. The van der Waals surface area contributed by atoms with Crippen molar-refractivity contribution < 1.29 is 23.0 Å². The van der Waals surface area contributed by atoms with Crippen molar-refractivity contribution in [2.45, 2.75) is 18.1 Å². The van der Waals surface area contributed by atoms with Gasteiger partial charge in [0, 0.05) is 12.2 Å². The quantitative estimate of drug-likeness (QED) is 0.256. The average molecular weight is 287 g/mol. The molecule has 0 aromatic heterocycles. The minimum absolute atomic E-state index is 0.172. The first-order chi connectivity index (χ1) is 8.00. The number of alkyl halides is 4. The number of hydrogen-bond acceptors (Lipinski definition) is 4. The summed E-state index contributed by atoms with van der Waals surface area (Å²) in [5, 5.41) is 21.3. The molecule has 0 fully saturated rings. The zero-order chi connectivity index (χ0) is 14.3. The third-order valence-electron chi connectivity index (χ3n) is 2.41. The smallest absolute Gasteiger partial charge is 0.262 e. The summed E-state index contributed by atoms with van der Waals surface area (Å²) < 4.78 is 37.7. The Balaban J connectivity index is 3.40. The summed E-state index contributed by atoms with van der Waals surface area (Å²) in [5.74, 6) is -2.25. The van der Waals surface area contributed by atoms with Gasteiger partial charge >= 0.3 is 16.9 Å². The van der Waals surface area contributed by atoms with Crippen LogP contribution in [0.4, 0.5) is 13.2 Å². The molecule has 1 rings (SSSR count). The molecule has 2 unspecified atom stereocenters. The molecular weight excluding hydrogens is 281 g/mol. The second-order valence-electron chi connectivity index (χ2n) is 3.65. The lowest BCUT2D eigenvalue weighted by atomic mass is 9.90. The van der Waals surface area contributed by atoms with Gasteiger partial charge in [-0.25, -0.2) is 0 Å². The highest BCUT2D eigenvalue weighted by Crippen LogP contribution is 2.42. The molecule has 0 aliphatic heterocycles. The van der Waals surface area contributed by atoms with Gasteiger partial charge in [0.05, 0.1) is 9.85 Å². The molecule has 0 saturated heterocycles. The van der Waals surface area contributed by atoms with Crippen LogP contribution in [-0.4, -0.2) is 21.0 Å². The predicted octanol–water partition coefficient (Wildman–Crippen LogP) is 2.50. The number of allylic oxidation sites excluding steroid dienone is 2. The van der Waals surface area contributed by atoms with Gasteiger partial charge in [-0.3, -0.25) is 20.2 Å². The van der Waals surface area contributed by atoms with E-state index in [1.165, 1.54) is 0 Å². The first-order valence-corrected chi connectivity index (χ1v) is 4.84. The fraction of sp³-hybridized carbons (Fsp3) is 0.500. The zero-order valence-corrected chi connectivity index (χ0v) is 9.53. The van der Waals surface area contributed by atoms with Crippen molar-refractivity contribution in [3.8, 4) is 0 Å². The molecule has 0 radical (unpaired) electrons. The molecule has 0 saturated carbocycles. The number of nitrogens with zero attached hydrogens (tertiary/aromatic N) is 2. The van der Waals surface area contributed by atoms with E-state index >= 15 is 0 Å². The molecule has 0 aromatic rings. The van der Waals surface area contributed by atoms with Crippen LogP contribution >= 0.6 is 11.6 Å². The Kier molecular flexibility index (Phi) is 3.39. The van der Waals surface area contributed by atoms with Crippen LogP contribution in [0.1, 0.15) is 6.92 Å². The van der Waals surface area contributed by atoms with E-state index in [1.54, 1.807) is 0 Å². The predicted molar refractivity (Wildman–Crippen MR) is 54.0 cm³/mol. The monoisotopic (exact) mass is 286 g/mol. The van der Waals surface area contributed by atoms with E-state index in [0.29, 0.717) is 6.08 Å². The average Bonchev–Trinajstić information content (AvgIpc) is 2.14. The third-order valence-corrected chi connectivity index (χ3v) is 2.85. The van der Waals surface area contributed by atoms with Crippen LogP contribution in [0.15, 0.2) is 23.4 Å². The SMILES string of the molecule is CC1=CC(Cl)([N+](=O)[O-])C([N+](=O)[O-])=CC1C(F)(F)F. The lowest BCUT2D eigenvalue weighted by Gasteiger charge is -2.24. The fourth-order valence-electron chi connectivity index (χ4n) is 1.56. The summed E-state index contributed by atoms with van der Waals surface area (Å²) in [4.78, 5) is 16.0. The molecule has 6 nitrogen and oxygen atoms in total. The molecule has 0 aromatic carbocycles. The summed E-state index contributed by atoms with van der Waals surface area (Å²) >= 11 is 5.43. The van der Waals surface area contributed by atoms with Crippen molar-refractivity contribution in [3.05, 3.63) is 43.7 Å². The van der Waals surface area contributed by atoms with E-state index in [-0.39, 0.29) is 6.08 Å². The van der Waals surface area contributed by atoms with Crippen molar-refractivity contribution in [2.24, 2.45) is 5.92 Å². The topological polar surface area (TPSA) is 86.3 Å². The van der Waals surface area contributed by atoms with Crippen LogP contribution in [-0.2, 0) is 0 Å². The van der Waals surface area contributed by atoms with Gasteiger partial charge in [0.25, 0.3) is 0 Å². The van der Waals surface area contributed by atoms with Crippen LogP contribution < -0.4 is 0 Å². The van der Waals surface area contributed by atoms with E-state index in [9.17, 15) is 33.4 Å². The Labute approximate surface area is 103 Å². The largest absolute Gasteiger partial charge is 0.401 e. The van der Waals surface area contributed by atoms with Crippen molar-refractivity contribution in [1.29, 1.82) is 0 Å². The molecule has 0 bridgehead atoms. The van der Waals surface area contributed by atoms with E-state index in [2.05, 4.69) is 0 Å². The molecule has 0 amide bonds. The van der Waals surface area contributed by atoms with Crippen molar-refractivity contribution >= 4 is 11.6 Å². The van der Waals surface area contributed by atoms with E-state index in [1.807, 2.05) is 0 Å². The van der Waals surface area contributed by atoms with Gasteiger partial charge in [-0.05, 0) is 18.5 Å². The summed E-state index contributed by atoms with van der Waals surface area (Å²) in [6, 6.07) is 0. The van der Waals surface area contributed by atoms with Crippen LogP contribution in [0.25, 0.3) is 0 Å². The molecule has 1 aliphatic rings. The fourth-order valence-corrected chi connectivity index (χ4v) is 1.86. The van der Waals surface area contributed by atoms with Gasteiger partial charge in [-0.1, -0.05) is 5.57 Å². The minimum Gasteiger partial charge on any atom is -0.262 e. The highest BCUT2D eigenvalue weighted by atomic mass is 35.5. The van der Waals surface area contributed by atoms with Gasteiger partial charge < -0.3 is 0 Å². The Morgan fingerprint density at radius 1 is 1.39 bits per heavy atom. The van der Waals surface area contributed by atoms with Crippen LogP contribution in [0.5, 0.6) is 0 Å². The maximum Gasteiger partial charge on any atom is 0.401 e. The molecule has 0 spiro atoms. The van der Waals surface area contributed by atoms with Gasteiger partial charge in [0.1, 0.15) is 5.92 Å². The Bertz CT molecular complexity index is 473. The molecular formula is C8H6ClF3N2O4. The summed E-state index contributed by atoms with van der Waals surface area (Å²) in [6.07, 6.45) is -4.15. The summed E-state index contributed by atoms with van der Waals surface area (Å²) in [7, 11) is 0. The van der Waals surface area contributed by atoms with E-state index in [0.717, 1.165) is 6.92 Å². The molecule has 100 valence electrons. The highest BCUT2D eigenvalue weighted by molar-refractivity contribution is 6.25. The molecule has 0 N–H and O–H groups in total. The lowest BCUT2D eigenvalue weighted by molar-refractivity contribution is -0.561. The Morgan fingerprint density at radius 2 is 1.89 bits per heavy atom. The minimum atomic E-state index is -4.77. The van der Waals surface area contributed by atoms with Gasteiger partial charge in [-0.15, -0.1) is 0 Å². The Hall–Kier alpha value is -1.64. The number of hydrogen-bond donors (Lipinski definition) is 0. The Morgan fingerprint density at radius 3 is 2.22 bits per heavy atom. The van der Waals surface area contributed by atoms with E-state index < -0.39 is 38.2 Å². The van der Waals surface area contributed by atoms with Gasteiger partial charge in [0.15, 0.2) is 0 Å². The molecule has 1 aliphatic carbocycles. The van der Waals surface area contributed by atoms with Crippen molar-refractivity contribution in [3.63, 3.8) is 0 Å². The van der Waals surface area contributed by atoms with Gasteiger partial charge in [0.2, 0.25) is 0 Å². The van der Waals surface area contributed by atoms with E-state index in [4.69, 9.17) is 11.6 Å². The van der Waals surface area contributed by atoms with Crippen LogP contribution in [0.3, 0.4) is 0 Å². The second kappa shape index (κ2) is 4.23.